The molecule has 2 aromatic carbocycles. The minimum absolute atomic E-state index is 0.157. The Bertz CT molecular complexity index is 1100. The highest BCUT2D eigenvalue weighted by Crippen LogP contribution is 2.38. The number of carbonyl (C=O) groups is 3. The number of hydrogen-bond donors (Lipinski definition) is 1. The zero-order valence-corrected chi connectivity index (χ0v) is 19.9. The molecular weight excluding hydrogens is 496 g/mol. The highest BCUT2D eigenvalue weighted by atomic mass is 79.9. The molecule has 1 saturated heterocycles. The molecule has 166 valence electrons. The normalized spacial score (nSPS) is 14.6. The van der Waals surface area contributed by atoms with Crippen LogP contribution in [0.25, 0.3) is 6.08 Å². The number of aryl methyl sites for hydroxylation is 1. The summed E-state index contributed by atoms with van der Waals surface area (Å²) in [6, 6.07) is 10.8. The molecule has 1 heterocycles. The van der Waals surface area contributed by atoms with Crippen LogP contribution in [0, 0.1) is 6.92 Å². The van der Waals surface area contributed by atoms with Crippen molar-refractivity contribution in [2.75, 3.05) is 25.6 Å². The summed E-state index contributed by atoms with van der Waals surface area (Å²) >= 11 is 4.31. The van der Waals surface area contributed by atoms with Crippen molar-refractivity contribution in [1.82, 2.24) is 4.90 Å². The van der Waals surface area contributed by atoms with Gasteiger partial charge in [-0.2, -0.15) is 0 Å². The molecular formula is C23H21BrN2O5S. The van der Waals surface area contributed by atoms with E-state index in [1.54, 1.807) is 18.2 Å². The van der Waals surface area contributed by atoms with Gasteiger partial charge in [0.2, 0.25) is 0 Å². The van der Waals surface area contributed by atoms with Crippen LogP contribution in [0.2, 0.25) is 0 Å². The highest BCUT2D eigenvalue weighted by molar-refractivity contribution is 9.10. The summed E-state index contributed by atoms with van der Waals surface area (Å²) in [7, 11) is 1.48. The molecule has 1 fully saturated rings. The van der Waals surface area contributed by atoms with E-state index in [2.05, 4.69) is 27.8 Å². The first-order chi connectivity index (χ1) is 15.3. The first-order valence-corrected chi connectivity index (χ1v) is 11.2. The second kappa shape index (κ2) is 10.5. The predicted octanol–water partition coefficient (Wildman–Crippen LogP) is 5.01. The van der Waals surface area contributed by atoms with Gasteiger partial charge in [-0.05, 0) is 54.6 Å². The van der Waals surface area contributed by atoms with E-state index in [0.29, 0.717) is 32.1 Å². The Morgan fingerprint density at radius 3 is 2.59 bits per heavy atom. The molecule has 3 rings (SSSR count). The zero-order valence-electron chi connectivity index (χ0n) is 17.5. The number of halogens is 1. The Morgan fingerprint density at radius 2 is 1.94 bits per heavy atom. The van der Waals surface area contributed by atoms with Gasteiger partial charge in [-0.15, -0.1) is 6.58 Å². The van der Waals surface area contributed by atoms with Gasteiger partial charge >= 0.3 is 0 Å². The van der Waals surface area contributed by atoms with E-state index in [4.69, 9.17) is 9.47 Å². The monoisotopic (exact) mass is 516 g/mol. The lowest BCUT2D eigenvalue weighted by atomic mass is 10.2. The van der Waals surface area contributed by atoms with Crippen molar-refractivity contribution in [2.24, 2.45) is 0 Å². The van der Waals surface area contributed by atoms with Crippen LogP contribution in [0.4, 0.5) is 10.5 Å². The molecule has 0 spiro atoms. The van der Waals surface area contributed by atoms with Gasteiger partial charge in [0.1, 0.15) is 0 Å². The molecule has 1 aliphatic heterocycles. The number of imide groups is 1. The fourth-order valence-electron chi connectivity index (χ4n) is 2.84. The number of amides is 3. The quantitative estimate of drug-likeness (QED) is 0.392. The van der Waals surface area contributed by atoms with Gasteiger partial charge in [0.15, 0.2) is 18.1 Å². The number of carbonyl (C=O) groups excluding carboxylic acids is 3. The molecule has 0 saturated carbocycles. The Labute approximate surface area is 198 Å². The number of rotatable bonds is 8. The van der Waals surface area contributed by atoms with Gasteiger partial charge in [0, 0.05) is 16.7 Å². The lowest BCUT2D eigenvalue weighted by Crippen LogP contribution is -2.27. The van der Waals surface area contributed by atoms with Crippen LogP contribution < -0.4 is 14.8 Å². The zero-order chi connectivity index (χ0) is 23.3. The molecule has 0 aliphatic carbocycles. The van der Waals surface area contributed by atoms with Gasteiger partial charge in [-0.3, -0.25) is 19.3 Å². The fourth-order valence-corrected chi connectivity index (χ4v) is 4.11. The van der Waals surface area contributed by atoms with Crippen molar-refractivity contribution in [2.45, 2.75) is 6.92 Å². The third-order valence-corrected chi connectivity index (χ3v) is 6.04. The summed E-state index contributed by atoms with van der Waals surface area (Å²) in [5, 5.41) is 2.42. The average Bonchev–Trinajstić information content (AvgIpc) is 3.03. The maximum absolute atomic E-state index is 12.4. The molecule has 1 N–H and O–H groups in total. The summed E-state index contributed by atoms with van der Waals surface area (Å²) in [5.41, 5.74) is 2.40. The van der Waals surface area contributed by atoms with Crippen LogP contribution in [0.5, 0.6) is 11.5 Å². The Morgan fingerprint density at radius 1 is 1.22 bits per heavy atom. The molecule has 32 heavy (non-hydrogen) atoms. The number of hydrogen-bond acceptors (Lipinski definition) is 6. The van der Waals surface area contributed by atoms with Crippen LogP contribution in [0.1, 0.15) is 11.1 Å². The number of anilines is 1. The number of ether oxygens (including phenoxy) is 2. The summed E-state index contributed by atoms with van der Waals surface area (Å²) in [5.74, 6) is 0.0501. The second-order valence-electron chi connectivity index (χ2n) is 6.81. The van der Waals surface area contributed by atoms with E-state index < -0.39 is 0 Å². The molecule has 1 aliphatic rings. The van der Waals surface area contributed by atoms with E-state index >= 15 is 0 Å². The number of benzene rings is 2. The first-order valence-electron chi connectivity index (χ1n) is 9.55. The van der Waals surface area contributed by atoms with Gasteiger partial charge in [-0.25, -0.2) is 0 Å². The van der Waals surface area contributed by atoms with Crippen molar-refractivity contribution >= 4 is 56.5 Å². The van der Waals surface area contributed by atoms with Crippen molar-refractivity contribution in [3.05, 3.63) is 69.6 Å². The minimum atomic E-state index is -0.376. The summed E-state index contributed by atoms with van der Waals surface area (Å²) in [6.07, 6.45) is 3.10. The largest absolute Gasteiger partial charge is 0.493 e. The summed E-state index contributed by atoms with van der Waals surface area (Å²) in [4.78, 5) is 38.1. The Hall–Kier alpha value is -3.04. The van der Waals surface area contributed by atoms with Crippen molar-refractivity contribution in [1.29, 1.82) is 0 Å². The van der Waals surface area contributed by atoms with Crippen LogP contribution in [0.3, 0.4) is 0 Å². The molecule has 0 unspecified atom stereocenters. The third-order valence-electron chi connectivity index (χ3n) is 4.45. The van der Waals surface area contributed by atoms with E-state index in [-0.39, 0.29) is 30.2 Å². The number of nitrogens with zero attached hydrogens (tertiary/aromatic N) is 1. The summed E-state index contributed by atoms with van der Waals surface area (Å²) in [6.45, 7) is 5.48. The van der Waals surface area contributed by atoms with Crippen molar-refractivity contribution in [3.63, 3.8) is 0 Å². The average molecular weight is 517 g/mol. The van der Waals surface area contributed by atoms with Gasteiger partial charge in [-0.1, -0.05) is 39.7 Å². The molecule has 0 bridgehead atoms. The minimum Gasteiger partial charge on any atom is -0.493 e. The molecule has 9 heteroatoms. The molecule has 3 amide bonds. The number of methoxy groups -OCH3 is 1. The second-order valence-corrected chi connectivity index (χ2v) is 8.66. The van der Waals surface area contributed by atoms with Crippen LogP contribution in [-0.2, 0) is 9.59 Å². The SMILES string of the molecule is C=CCN1C(=O)S/C(=C/c2cc(OC)c(OCC(=O)Nc3ccc(C)cc3)cc2Br)C1=O. The maximum Gasteiger partial charge on any atom is 0.293 e. The Balaban J connectivity index is 1.73. The van der Waals surface area contributed by atoms with E-state index in [0.717, 1.165) is 22.2 Å². The van der Waals surface area contributed by atoms with E-state index in [1.165, 1.54) is 13.2 Å². The fraction of sp³-hybridized carbons (Fsp3) is 0.174. The lowest BCUT2D eigenvalue weighted by molar-refractivity contribution is -0.122. The van der Waals surface area contributed by atoms with E-state index in [9.17, 15) is 14.4 Å². The first kappa shape index (κ1) is 23.6. The number of thioether (sulfide) groups is 1. The molecule has 0 radical (unpaired) electrons. The smallest absolute Gasteiger partial charge is 0.293 e. The maximum atomic E-state index is 12.4. The van der Waals surface area contributed by atoms with Crippen molar-refractivity contribution in [3.8, 4) is 11.5 Å². The van der Waals surface area contributed by atoms with Crippen LogP contribution in [-0.4, -0.2) is 42.2 Å². The molecule has 7 nitrogen and oxygen atoms in total. The van der Waals surface area contributed by atoms with E-state index in [1.807, 2.05) is 31.2 Å². The van der Waals surface area contributed by atoms with Crippen molar-refractivity contribution < 1.29 is 23.9 Å². The third kappa shape index (κ3) is 5.60. The Kier molecular flexibility index (Phi) is 7.76. The highest BCUT2D eigenvalue weighted by Gasteiger charge is 2.34. The lowest BCUT2D eigenvalue weighted by Gasteiger charge is -2.13. The molecule has 0 aromatic heterocycles. The van der Waals surface area contributed by atoms with Gasteiger partial charge in [0.05, 0.1) is 12.0 Å². The topological polar surface area (TPSA) is 84.9 Å². The molecule has 0 atom stereocenters. The van der Waals surface area contributed by atoms with Crippen LogP contribution >= 0.6 is 27.7 Å². The van der Waals surface area contributed by atoms with Crippen LogP contribution in [0.15, 0.2) is 58.4 Å². The summed E-state index contributed by atoms with van der Waals surface area (Å²) < 4.78 is 11.6. The predicted molar refractivity (Wildman–Crippen MR) is 129 cm³/mol. The van der Waals surface area contributed by atoms with Gasteiger partial charge in [0.25, 0.3) is 17.1 Å². The standard InChI is InChI=1S/C23H21BrN2O5S/c1-4-9-26-22(28)20(32-23(26)29)11-15-10-18(30-3)19(12-17(15)24)31-13-21(27)25-16-7-5-14(2)6-8-16/h4-8,10-12H,1,9,13H2,2-3H3,(H,25,27)/b20-11+. The van der Waals surface area contributed by atoms with Gasteiger partial charge < -0.3 is 14.8 Å². The number of nitrogens with one attached hydrogen (secondary N) is 1. The molecule has 2 aromatic rings.